The molecule has 0 saturated heterocycles. The van der Waals surface area contributed by atoms with Gasteiger partial charge in [0.05, 0.1) is 136 Å². The van der Waals surface area contributed by atoms with E-state index in [0.29, 0.717) is 208 Å². The first-order valence-electron chi connectivity index (χ1n) is 45.2. The number of nitrogens with zero attached hydrogens (tertiary/aromatic N) is 15. The Bertz CT molecular complexity index is 7870. The Kier molecular flexibility index (Phi) is 34.1. The van der Waals surface area contributed by atoms with Gasteiger partial charge in [-0.05, 0) is 116 Å². The molecule has 2 fully saturated rings. The van der Waals surface area contributed by atoms with E-state index in [9.17, 15) is 39.0 Å². The highest BCUT2D eigenvalue weighted by Gasteiger charge is 2.32. The molecule has 2 saturated carbocycles. The van der Waals surface area contributed by atoms with Crippen molar-refractivity contribution in [3.63, 3.8) is 0 Å². The Labute approximate surface area is 886 Å². The summed E-state index contributed by atoms with van der Waals surface area (Å²) in [5.74, 6) is 3.38. The number of hydrogen-bond acceptors (Lipinski definition) is 39. The lowest BCUT2D eigenvalue weighted by Gasteiger charge is -2.10. The predicted molar refractivity (Wildman–Crippen MR) is 595 cm³/mol. The first kappa shape index (κ1) is 106. The number of aliphatic hydroxyl groups is 2. The Hall–Kier alpha value is -13.8. The zero-order chi connectivity index (χ0) is 103. The Morgan fingerprint density at radius 2 is 0.767 bits per heavy atom. The molecule has 18 aromatic rings. The summed E-state index contributed by atoms with van der Waals surface area (Å²) >= 11 is 32.1. The van der Waals surface area contributed by atoms with E-state index in [1.54, 1.807) is 109 Å². The van der Waals surface area contributed by atoms with Gasteiger partial charge in [-0.2, -0.15) is 13.5 Å². The van der Waals surface area contributed by atoms with Crippen molar-refractivity contribution < 1.29 is 43.7 Å². The zero-order valence-electron chi connectivity index (χ0n) is 79.9. The highest BCUT2D eigenvalue weighted by atomic mass is 35.5. The summed E-state index contributed by atoms with van der Waals surface area (Å²) in [4.78, 5) is 146. The van der Waals surface area contributed by atoms with Gasteiger partial charge >= 0.3 is 0 Å². The van der Waals surface area contributed by atoms with Crippen molar-refractivity contribution >= 4 is 277 Å². The number of benzene rings is 3. The molecule has 3 aliphatic rings. The number of amides is 3. The van der Waals surface area contributed by atoms with Crippen molar-refractivity contribution in [2.45, 2.75) is 91.6 Å². The minimum atomic E-state index is -0.233. The van der Waals surface area contributed by atoms with E-state index in [-0.39, 0.29) is 73.6 Å². The summed E-state index contributed by atoms with van der Waals surface area (Å²) in [5.41, 5.74) is 43.5. The second-order valence-electron chi connectivity index (χ2n) is 33.6. The van der Waals surface area contributed by atoms with E-state index in [0.717, 1.165) is 103 Å². The molecule has 2 aliphatic carbocycles. The quantitative estimate of drug-likeness (QED) is 0.0250. The molecule has 21 rings (SSSR count). The van der Waals surface area contributed by atoms with Crippen LogP contribution >= 0.6 is 128 Å². The van der Waals surface area contributed by atoms with Gasteiger partial charge in [0.2, 0.25) is 23.8 Å². The Balaban J connectivity index is 0.000000132. The van der Waals surface area contributed by atoms with Crippen LogP contribution in [-0.2, 0) is 19.3 Å². The van der Waals surface area contributed by atoms with Crippen molar-refractivity contribution in [3.8, 4) is 73.3 Å². The number of fused-ring (bicyclic) bond motifs is 7. The Morgan fingerprint density at radius 3 is 1.16 bits per heavy atom. The number of anilines is 9. The highest BCUT2D eigenvalue weighted by Crippen LogP contribution is 2.48. The molecule has 16 heterocycles. The minimum Gasteiger partial charge on any atom is -0.493 e. The maximum absolute atomic E-state index is 12.1. The van der Waals surface area contributed by atoms with Gasteiger partial charge in [0.25, 0.3) is 17.7 Å². The standard InChI is InChI=1S/C19H18N4O2S.2C18H17Cl2N3O2S.C16H16N6OS.C14H14N6OS.C14H13N5OS.H2S/c1-9(24)17-15(20)14-16(11-3-2-10-6-7-25-13(10)8-11)22-19(21-12-4-5-12)23-18(14)26-17;2*1-8(7-24)5-13-22-16(10-3-4-11(19)12(20)6-10)14-15(21)17(9(2)25)26-18(14)23-13;1-18-14(23)13-11(17)10-12(8-3-2-6-19-7-8)21-16(20-9-4-5-9)22-15(10)24-13;1-16-12(21)11-9(15)8-10(7-4-3-5-18-6-7)19-14(17-2)20-13(8)22-11;1-15-12(20)10-7-9-11(8-3-5-17-6-4-8)18-14(16-2)19-13(9)21-10;/h2-3,8,12H,4-7,20H2,1H3,(H,21,22,23);2*3-4,6,8,24H,5,7,21H2,1-2H3;2-3,6-7,9H,4-5,17H2,1H3,(H,18,23)(H,20,21,22);3-6H,15H2,1-2H3,(H,16,21)(H,17,19,20);3-7H,1-2H3,(H,15,20)(H,16,18,19);1H2/t;2*8-;;;;/m.10..../s1. The molecule has 0 radical (unpaired) electrons. The number of ketones is 3. The van der Waals surface area contributed by atoms with Gasteiger partial charge in [-0.3, -0.25) is 43.7 Å². The molecular formula is C99H97Cl4N27O9S7. The maximum atomic E-state index is 12.1. The van der Waals surface area contributed by atoms with Crippen LogP contribution in [0.25, 0.3) is 129 Å². The fraction of sp³-hybridized carbons (Fsp3) is 0.242. The molecule has 0 spiro atoms. The first-order valence-corrected chi connectivity index (χ1v) is 51.7. The van der Waals surface area contributed by atoms with Crippen LogP contribution in [0.4, 0.5) is 52.2 Å². The number of nitrogens with two attached hydrogens (primary N) is 5. The number of thiophene rings is 6. The number of ether oxygens (including phenoxy) is 1. The van der Waals surface area contributed by atoms with Gasteiger partial charge in [0.15, 0.2) is 17.3 Å². The normalized spacial score (nSPS) is 12.7. The Morgan fingerprint density at radius 1 is 0.397 bits per heavy atom. The molecule has 19 N–H and O–H groups in total. The number of nitrogens with one attached hydrogen (secondary N) is 7. The maximum Gasteiger partial charge on any atom is 0.263 e. The fourth-order valence-electron chi connectivity index (χ4n) is 15.2. The molecule has 752 valence electrons. The molecule has 0 unspecified atom stereocenters. The van der Waals surface area contributed by atoms with Gasteiger partial charge in [0.1, 0.15) is 56.1 Å². The second kappa shape index (κ2) is 46.7. The lowest BCUT2D eigenvalue weighted by molar-refractivity contribution is 0.0959. The molecule has 3 aromatic carbocycles. The smallest absolute Gasteiger partial charge is 0.263 e. The van der Waals surface area contributed by atoms with Crippen LogP contribution in [0.5, 0.6) is 5.75 Å². The number of carbonyl (C=O) groups excluding carboxylic acids is 6. The van der Waals surface area contributed by atoms with E-state index in [1.165, 1.54) is 94.4 Å². The summed E-state index contributed by atoms with van der Waals surface area (Å²) in [6, 6.07) is 30.5. The monoisotopic (exact) mass is 2170 g/mol. The number of pyridine rings is 3. The van der Waals surface area contributed by atoms with Crippen molar-refractivity contribution in [2.75, 3.05) is 105 Å². The average molecular weight is 2180 g/mol. The van der Waals surface area contributed by atoms with Crippen molar-refractivity contribution in [2.24, 2.45) is 11.8 Å². The lowest BCUT2D eigenvalue weighted by atomic mass is 10.0. The number of nitrogen functional groups attached to an aromatic ring is 5. The second-order valence-corrected chi connectivity index (χ2v) is 41.3. The van der Waals surface area contributed by atoms with Crippen LogP contribution < -0.4 is 70.6 Å². The number of halogens is 4. The zero-order valence-corrected chi connectivity index (χ0v) is 88.8. The van der Waals surface area contributed by atoms with Gasteiger partial charge in [-0.25, -0.2) is 59.8 Å². The van der Waals surface area contributed by atoms with Crippen molar-refractivity contribution in [3.05, 3.63) is 201 Å². The van der Waals surface area contributed by atoms with Gasteiger partial charge in [-0.15, -0.1) is 68.0 Å². The number of hydrogen-bond donors (Lipinski definition) is 14. The first-order chi connectivity index (χ1) is 69.8. The van der Waals surface area contributed by atoms with Crippen LogP contribution in [0.15, 0.2) is 134 Å². The topological polar surface area (TPSA) is 560 Å². The van der Waals surface area contributed by atoms with E-state index < -0.39 is 0 Å². The number of rotatable bonds is 24. The van der Waals surface area contributed by atoms with Crippen molar-refractivity contribution in [1.82, 2.24) is 90.7 Å². The largest absolute Gasteiger partial charge is 0.493 e. The number of carbonyl (C=O) groups is 6. The third kappa shape index (κ3) is 23.6. The molecule has 146 heavy (non-hydrogen) atoms. The highest BCUT2D eigenvalue weighted by molar-refractivity contribution is 7.59. The van der Waals surface area contributed by atoms with E-state index >= 15 is 0 Å². The van der Waals surface area contributed by atoms with Crippen molar-refractivity contribution in [1.29, 1.82) is 0 Å². The van der Waals surface area contributed by atoms with Crippen LogP contribution in [0.3, 0.4) is 0 Å². The number of Topliss-reactive ketones (excluding diaryl/α,β-unsaturated/α-hetero) is 3. The SMILES string of the molecule is CC(=O)c1sc2nc(C[C@@H](C)CO)nc(-c3ccc(Cl)c(Cl)c3)c2c1N.CC(=O)c1sc2nc(C[C@H](C)CO)nc(-c3ccc(Cl)c(Cl)c3)c2c1N.CC(=O)c1sc2nc(NC3CC3)nc(-c3ccc4c(c3)OCC4)c2c1N.CNC(=O)c1cc2c(-c3ccncc3)nc(NC)nc2s1.CNC(=O)c1sc2nc(NC)nc(-c3cccnc3)c2c1N.CNC(=O)c1sc2nc(NC3CC3)nc(-c3cccnc3)c2c1N.S. The molecule has 47 heteroatoms. The number of aromatic nitrogens is 15. The molecule has 36 nitrogen and oxygen atoms in total. The third-order valence-electron chi connectivity index (χ3n) is 22.8. The van der Waals surface area contributed by atoms with E-state index in [1.807, 2.05) is 68.4 Å². The van der Waals surface area contributed by atoms with Crippen LogP contribution in [-0.4, -0.2) is 187 Å². The average Bonchev–Trinajstić information content (AvgIpc) is 1.55. The van der Waals surface area contributed by atoms with Gasteiger partial charge < -0.3 is 80.8 Å². The lowest BCUT2D eigenvalue weighted by Crippen LogP contribution is -2.17. The van der Waals surface area contributed by atoms with E-state index in [2.05, 4.69) is 113 Å². The predicted octanol–water partition coefficient (Wildman–Crippen LogP) is 19.2. The minimum absolute atomic E-state index is 0. The molecule has 1 aliphatic heterocycles. The summed E-state index contributed by atoms with van der Waals surface area (Å²) in [5, 5.41) is 45.0. The summed E-state index contributed by atoms with van der Waals surface area (Å²) in [6.07, 6.45) is 16.7. The molecular weight excluding hydrogens is 2080 g/mol. The molecule has 3 amide bonds. The van der Waals surface area contributed by atoms with Crippen LogP contribution in [0.2, 0.25) is 20.1 Å². The van der Waals surface area contributed by atoms with E-state index in [4.69, 9.17) is 84.8 Å². The molecule has 0 bridgehead atoms. The van der Waals surface area contributed by atoms with Crippen LogP contribution in [0, 0.1) is 11.8 Å². The van der Waals surface area contributed by atoms with Crippen LogP contribution in [0.1, 0.15) is 136 Å². The summed E-state index contributed by atoms with van der Waals surface area (Å²) < 4.78 is 5.71. The number of aliphatic hydroxyl groups excluding tert-OH is 2. The third-order valence-corrected chi connectivity index (χ3v) is 31.1. The fourth-order valence-corrected chi connectivity index (χ4v) is 21.9. The molecule has 15 aromatic heterocycles. The van der Waals surface area contributed by atoms with Gasteiger partial charge in [0, 0.05) is 177 Å². The van der Waals surface area contributed by atoms with Gasteiger partial charge in [-0.1, -0.05) is 84.5 Å². The summed E-state index contributed by atoms with van der Waals surface area (Å²) in [6.45, 7) is 9.09. The summed E-state index contributed by atoms with van der Waals surface area (Å²) in [7, 11) is 8.27. The molecule has 2 atom stereocenters.